The molecule has 0 N–H and O–H groups in total. The molecule has 0 amide bonds. The number of carbonyl (C=O) groups excluding carboxylic acids is 1. The summed E-state index contributed by atoms with van der Waals surface area (Å²) in [5.41, 5.74) is 3.06. The van der Waals surface area contributed by atoms with Gasteiger partial charge in [0.05, 0.1) is 0 Å². The van der Waals surface area contributed by atoms with Crippen LogP contribution < -0.4 is 0 Å². The van der Waals surface area contributed by atoms with Gasteiger partial charge in [-0.15, -0.1) is 0 Å². The third kappa shape index (κ3) is 3.60. The number of rotatable bonds is 6. The topological polar surface area (TPSA) is 26.3 Å². The fourth-order valence-electron chi connectivity index (χ4n) is 2.30. The standard InChI is InChI=1S/C18H24O2/c1-7-16(20-17(19)8-2)18(5,6)15-11-9-14(10-12-15)13(3)4/h8-12,16H,2-3,7H2,1,4-6H3. The molecule has 1 unspecified atom stereocenters. The summed E-state index contributed by atoms with van der Waals surface area (Å²) in [5, 5.41) is 0. The SMILES string of the molecule is C=CC(=O)OC(CC)C(C)(C)c1ccc(C(=C)C)cc1. The van der Waals surface area contributed by atoms with E-state index in [0.717, 1.165) is 23.1 Å². The molecule has 1 aromatic rings. The molecule has 1 atom stereocenters. The van der Waals surface area contributed by atoms with E-state index in [9.17, 15) is 4.79 Å². The van der Waals surface area contributed by atoms with Gasteiger partial charge in [0.1, 0.15) is 6.10 Å². The average molecular weight is 272 g/mol. The van der Waals surface area contributed by atoms with Gasteiger partial charge in [0.2, 0.25) is 0 Å². The molecule has 0 aromatic heterocycles. The molecule has 0 aliphatic rings. The highest BCUT2D eigenvalue weighted by molar-refractivity contribution is 5.81. The van der Waals surface area contributed by atoms with Crippen LogP contribution in [0.3, 0.4) is 0 Å². The number of hydrogen-bond donors (Lipinski definition) is 0. The van der Waals surface area contributed by atoms with Gasteiger partial charge in [-0.1, -0.05) is 63.8 Å². The van der Waals surface area contributed by atoms with Gasteiger partial charge in [-0.3, -0.25) is 0 Å². The summed E-state index contributed by atoms with van der Waals surface area (Å²) >= 11 is 0. The van der Waals surface area contributed by atoms with Gasteiger partial charge >= 0.3 is 5.97 Å². The summed E-state index contributed by atoms with van der Waals surface area (Å²) < 4.78 is 5.47. The molecule has 0 spiro atoms. The van der Waals surface area contributed by atoms with Crippen LogP contribution in [0, 0.1) is 0 Å². The molecule has 0 bridgehead atoms. The van der Waals surface area contributed by atoms with Crippen molar-refractivity contribution in [2.45, 2.75) is 45.6 Å². The van der Waals surface area contributed by atoms with Crippen LogP contribution in [-0.4, -0.2) is 12.1 Å². The molecule has 2 heteroatoms. The molecule has 1 aromatic carbocycles. The second kappa shape index (κ2) is 6.56. The lowest BCUT2D eigenvalue weighted by molar-refractivity contribution is -0.146. The predicted molar refractivity (Wildman–Crippen MR) is 84.5 cm³/mol. The van der Waals surface area contributed by atoms with Crippen LogP contribution in [-0.2, 0) is 14.9 Å². The van der Waals surface area contributed by atoms with Crippen LogP contribution in [0.1, 0.15) is 45.2 Å². The number of benzene rings is 1. The zero-order valence-corrected chi connectivity index (χ0v) is 12.9. The van der Waals surface area contributed by atoms with Crippen molar-refractivity contribution in [3.05, 3.63) is 54.6 Å². The Morgan fingerprint density at radius 3 is 2.30 bits per heavy atom. The third-order valence-electron chi connectivity index (χ3n) is 3.72. The second-order valence-electron chi connectivity index (χ2n) is 5.62. The first-order chi connectivity index (χ1) is 9.32. The summed E-state index contributed by atoms with van der Waals surface area (Å²) in [6.45, 7) is 15.6. The molecular weight excluding hydrogens is 248 g/mol. The Kier molecular flexibility index (Phi) is 5.32. The van der Waals surface area contributed by atoms with Crippen LogP contribution in [0.4, 0.5) is 0 Å². The summed E-state index contributed by atoms with van der Waals surface area (Å²) in [6, 6.07) is 8.27. The zero-order chi connectivity index (χ0) is 15.3. The number of hydrogen-bond acceptors (Lipinski definition) is 2. The molecule has 2 nitrogen and oxygen atoms in total. The van der Waals surface area contributed by atoms with Crippen LogP contribution in [0.2, 0.25) is 0 Å². The van der Waals surface area contributed by atoms with Crippen molar-refractivity contribution in [2.24, 2.45) is 0 Å². The van der Waals surface area contributed by atoms with Crippen molar-refractivity contribution in [3.8, 4) is 0 Å². The zero-order valence-electron chi connectivity index (χ0n) is 12.9. The Morgan fingerprint density at radius 1 is 1.35 bits per heavy atom. The first kappa shape index (κ1) is 16.2. The summed E-state index contributed by atoms with van der Waals surface area (Å²) in [4.78, 5) is 11.5. The maximum absolute atomic E-state index is 11.5. The van der Waals surface area contributed by atoms with Gasteiger partial charge in [0.15, 0.2) is 0 Å². The third-order valence-corrected chi connectivity index (χ3v) is 3.72. The van der Waals surface area contributed by atoms with E-state index >= 15 is 0 Å². The number of allylic oxidation sites excluding steroid dienone is 1. The van der Waals surface area contributed by atoms with E-state index in [1.165, 1.54) is 6.08 Å². The van der Waals surface area contributed by atoms with Crippen molar-refractivity contribution in [1.82, 2.24) is 0 Å². The number of esters is 1. The summed E-state index contributed by atoms with van der Waals surface area (Å²) in [6.07, 6.45) is 1.79. The minimum absolute atomic E-state index is 0.177. The first-order valence-electron chi connectivity index (χ1n) is 6.92. The fraction of sp³-hybridized carbons (Fsp3) is 0.389. The highest BCUT2D eigenvalue weighted by atomic mass is 16.5. The molecule has 0 aliphatic heterocycles. The summed E-state index contributed by atoms with van der Waals surface area (Å²) in [5.74, 6) is -0.372. The quantitative estimate of drug-likeness (QED) is 0.563. The molecule has 1 rings (SSSR count). The van der Waals surface area contributed by atoms with Crippen LogP contribution in [0.5, 0.6) is 0 Å². The molecule has 20 heavy (non-hydrogen) atoms. The molecular formula is C18H24O2. The Balaban J connectivity index is 3.03. The molecule has 108 valence electrons. The molecule has 0 aliphatic carbocycles. The maximum atomic E-state index is 11.5. The first-order valence-corrected chi connectivity index (χ1v) is 6.92. The van der Waals surface area contributed by atoms with Crippen LogP contribution >= 0.6 is 0 Å². The van der Waals surface area contributed by atoms with E-state index < -0.39 is 0 Å². The van der Waals surface area contributed by atoms with E-state index in [2.05, 4.69) is 51.3 Å². The molecule has 0 saturated carbocycles. The highest BCUT2D eigenvalue weighted by Gasteiger charge is 2.32. The lowest BCUT2D eigenvalue weighted by Gasteiger charge is -2.33. The fourth-order valence-corrected chi connectivity index (χ4v) is 2.30. The minimum Gasteiger partial charge on any atom is -0.458 e. The molecule has 0 fully saturated rings. The Bertz CT molecular complexity index is 495. The Labute approximate surface area is 122 Å². The van der Waals surface area contributed by atoms with E-state index in [1.807, 2.05) is 13.8 Å². The van der Waals surface area contributed by atoms with E-state index in [4.69, 9.17) is 4.74 Å². The van der Waals surface area contributed by atoms with E-state index in [1.54, 1.807) is 0 Å². The second-order valence-corrected chi connectivity index (χ2v) is 5.62. The largest absolute Gasteiger partial charge is 0.458 e. The maximum Gasteiger partial charge on any atom is 0.330 e. The van der Waals surface area contributed by atoms with Gasteiger partial charge in [0, 0.05) is 11.5 Å². The van der Waals surface area contributed by atoms with Gasteiger partial charge in [-0.05, 0) is 24.5 Å². The average Bonchev–Trinajstić information content (AvgIpc) is 2.44. The van der Waals surface area contributed by atoms with Crippen molar-refractivity contribution in [2.75, 3.05) is 0 Å². The lowest BCUT2D eigenvalue weighted by atomic mass is 9.78. The number of carbonyl (C=O) groups is 1. The highest BCUT2D eigenvalue weighted by Crippen LogP contribution is 2.31. The lowest BCUT2D eigenvalue weighted by Crippen LogP contribution is -2.36. The van der Waals surface area contributed by atoms with Crippen molar-refractivity contribution < 1.29 is 9.53 Å². The predicted octanol–water partition coefficient (Wildman–Crippen LogP) is 4.51. The monoisotopic (exact) mass is 272 g/mol. The van der Waals surface area contributed by atoms with Crippen LogP contribution in [0.15, 0.2) is 43.5 Å². The Morgan fingerprint density at radius 2 is 1.90 bits per heavy atom. The van der Waals surface area contributed by atoms with Crippen LogP contribution in [0.25, 0.3) is 5.57 Å². The van der Waals surface area contributed by atoms with Gasteiger partial charge < -0.3 is 4.74 Å². The molecule has 0 radical (unpaired) electrons. The van der Waals surface area contributed by atoms with Gasteiger partial charge in [-0.2, -0.15) is 0 Å². The molecule has 0 saturated heterocycles. The van der Waals surface area contributed by atoms with Crippen molar-refractivity contribution in [3.63, 3.8) is 0 Å². The molecule has 0 heterocycles. The van der Waals surface area contributed by atoms with E-state index in [-0.39, 0.29) is 17.5 Å². The minimum atomic E-state index is -0.372. The summed E-state index contributed by atoms with van der Waals surface area (Å²) in [7, 11) is 0. The normalized spacial score (nSPS) is 12.6. The van der Waals surface area contributed by atoms with Gasteiger partial charge in [-0.25, -0.2) is 4.79 Å². The van der Waals surface area contributed by atoms with Crippen molar-refractivity contribution in [1.29, 1.82) is 0 Å². The van der Waals surface area contributed by atoms with Crippen molar-refractivity contribution >= 4 is 11.5 Å². The Hall–Kier alpha value is -1.83. The number of ether oxygens (including phenoxy) is 1. The smallest absolute Gasteiger partial charge is 0.330 e. The van der Waals surface area contributed by atoms with E-state index in [0.29, 0.717) is 0 Å². The van der Waals surface area contributed by atoms with Gasteiger partial charge in [0.25, 0.3) is 0 Å².